The van der Waals surface area contributed by atoms with Crippen molar-refractivity contribution in [1.29, 1.82) is 0 Å². The van der Waals surface area contributed by atoms with Crippen LogP contribution < -0.4 is 0 Å². The molecule has 3 aromatic carbocycles. The largest absolute Gasteiger partial charge is 0.384 e. The molecule has 33 heavy (non-hydrogen) atoms. The molecule has 5 nitrogen and oxygen atoms in total. The Labute approximate surface area is 203 Å². The Morgan fingerprint density at radius 2 is 1.61 bits per heavy atom. The molecule has 0 radical (unpaired) electrons. The molecule has 1 aromatic heterocycles. The molecule has 0 unspecified atom stereocenters. The van der Waals surface area contributed by atoms with E-state index in [-0.39, 0.29) is 4.90 Å². The van der Waals surface area contributed by atoms with E-state index in [9.17, 15) is 13.5 Å². The summed E-state index contributed by atoms with van der Waals surface area (Å²) >= 11 is 13.1. The summed E-state index contributed by atoms with van der Waals surface area (Å²) in [6.07, 6.45) is 2.92. The molecule has 8 heteroatoms. The highest BCUT2D eigenvalue weighted by atomic mass is 35.5. The van der Waals surface area contributed by atoms with Crippen molar-refractivity contribution in [2.75, 3.05) is 6.26 Å². The lowest BCUT2D eigenvalue weighted by Crippen LogP contribution is -2.15. The number of nitrogens with zero attached hydrogens (tertiary/aromatic N) is 2. The second-order valence-electron chi connectivity index (χ2n) is 8.32. The molecule has 0 aliphatic heterocycles. The van der Waals surface area contributed by atoms with Crippen LogP contribution in [-0.4, -0.2) is 29.3 Å². The van der Waals surface area contributed by atoms with Crippen LogP contribution in [0, 0.1) is 0 Å². The molecule has 0 fully saturated rings. The Morgan fingerprint density at radius 3 is 2.24 bits per heavy atom. The lowest BCUT2D eigenvalue weighted by Gasteiger charge is -2.13. The van der Waals surface area contributed by atoms with Gasteiger partial charge in [0.2, 0.25) is 0 Å². The van der Waals surface area contributed by atoms with Gasteiger partial charge in [0.1, 0.15) is 11.4 Å². The van der Waals surface area contributed by atoms with Gasteiger partial charge in [-0.3, -0.25) is 4.57 Å². The standard InChI is InChI=1S/C25H22Cl2N2O3S/c1-25(2,30)23-15-29(24(28-23)19-9-4-5-10-20(19)26)22-12-11-17(14-21(22)27)16-7-6-8-18(13-16)33(3,31)32/h4-15,30H,1-3H3. The van der Waals surface area contributed by atoms with Gasteiger partial charge in [0.25, 0.3) is 0 Å². The predicted octanol–water partition coefficient (Wildman–Crippen LogP) is 6.14. The van der Waals surface area contributed by atoms with Gasteiger partial charge in [-0.25, -0.2) is 13.4 Å². The molecule has 0 atom stereocenters. The van der Waals surface area contributed by atoms with Crippen LogP contribution in [0.4, 0.5) is 0 Å². The molecule has 4 aromatic rings. The fourth-order valence-corrected chi connectivity index (χ4v) is 4.64. The summed E-state index contributed by atoms with van der Waals surface area (Å²) in [6, 6.07) is 19.5. The third-order valence-electron chi connectivity index (χ3n) is 5.25. The van der Waals surface area contributed by atoms with Crippen LogP contribution >= 0.6 is 23.2 Å². The molecule has 0 spiro atoms. The van der Waals surface area contributed by atoms with E-state index in [4.69, 9.17) is 23.2 Å². The number of hydrogen-bond acceptors (Lipinski definition) is 4. The molecular weight excluding hydrogens is 479 g/mol. The number of sulfone groups is 1. The zero-order valence-corrected chi connectivity index (χ0v) is 20.6. The number of imidazole rings is 1. The molecule has 0 amide bonds. The highest BCUT2D eigenvalue weighted by molar-refractivity contribution is 7.90. The topological polar surface area (TPSA) is 72.2 Å². The third-order valence-corrected chi connectivity index (χ3v) is 6.99. The summed E-state index contributed by atoms with van der Waals surface area (Å²) in [5, 5.41) is 11.5. The van der Waals surface area contributed by atoms with Crippen molar-refractivity contribution in [2.24, 2.45) is 0 Å². The number of hydrogen-bond donors (Lipinski definition) is 1. The van der Waals surface area contributed by atoms with Gasteiger partial charge in [0, 0.05) is 18.0 Å². The van der Waals surface area contributed by atoms with Gasteiger partial charge in [-0.2, -0.15) is 0 Å². The Kier molecular flexibility index (Phi) is 6.14. The molecular formula is C25H22Cl2N2O3S. The SMILES string of the molecule is CC(C)(O)c1cn(-c2ccc(-c3cccc(S(C)(=O)=O)c3)cc2Cl)c(-c2ccccc2Cl)n1. The zero-order valence-electron chi connectivity index (χ0n) is 18.3. The molecule has 170 valence electrons. The van der Waals surface area contributed by atoms with E-state index in [0.29, 0.717) is 32.8 Å². The monoisotopic (exact) mass is 500 g/mol. The van der Waals surface area contributed by atoms with E-state index >= 15 is 0 Å². The van der Waals surface area contributed by atoms with Crippen LogP contribution in [-0.2, 0) is 15.4 Å². The Bertz CT molecular complexity index is 1450. The van der Waals surface area contributed by atoms with Gasteiger partial charge < -0.3 is 5.11 Å². The first-order valence-electron chi connectivity index (χ1n) is 10.1. The van der Waals surface area contributed by atoms with Gasteiger partial charge in [-0.15, -0.1) is 0 Å². The Balaban J connectivity index is 1.86. The summed E-state index contributed by atoms with van der Waals surface area (Å²) < 4.78 is 25.7. The van der Waals surface area contributed by atoms with Crippen molar-refractivity contribution in [3.8, 4) is 28.2 Å². The second-order valence-corrected chi connectivity index (χ2v) is 11.2. The maximum Gasteiger partial charge on any atom is 0.175 e. The lowest BCUT2D eigenvalue weighted by atomic mass is 10.1. The average molecular weight is 501 g/mol. The Morgan fingerprint density at radius 1 is 0.909 bits per heavy atom. The third kappa shape index (κ3) is 4.84. The van der Waals surface area contributed by atoms with Crippen LogP contribution in [0.2, 0.25) is 10.0 Å². The van der Waals surface area contributed by atoms with Gasteiger partial charge in [-0.1, -0.05) is 53.5 Å². The van der Waals surface area contributed by atoms with E-state index in [0.717, 1.165) is 11.1 Å². The van der Waals surface area contributed by atoms with E-state index in [2.05, 4.69) is 4.98 Å². The molecule has 0 bridgehead atoms. The zero-order chi connectivity index (χ0) is 24.0. The first-order valence-corrected chi connectivity index (χ1v) is 12.8. The van der Waals surface area contributed by atoms with Crippen molar-refractivity contribution in [3.05, 3.63) is 88.7 Å². The summed E-state index contributed by atoms with van der Waals surface area (Å²) in [6.45, 7) is 3.32. The van der Waals surface area contributed by atoms with E-state index in [1.54, 1.807) is 54.9 Å². The molecule has 1 N–H and O–H groups in total. The minimum absolute atomic E-state index is 0.241. The molecule has 0 aliphatic rings. The normalized spacial score (nSPS) is 12.2. The van der Waals surface area contributed by atoms with Gasteiger partial charge in [0.15, 0.2) is 9.84 Å². The van der Waals surface area contributed by atoms with E-state index < -0.39 is 15.4 Å². The van der Waals surface area contributed by atoms with Crippen molar-refractivity contribution in [2.45, 2.75) is 24.3 Å². The van der Waals surface area contributed by atoms with Gasteiger partial charge in [-0.05, 0) is 61.4 Å². The summed E-state index contributed by atoms with van der Waals surface area (Å²) in [5.74, 6) is 0.548. The van der Waals surface area contributed by atoms with Crippen molar-refractivity contribution in [3.63, 3.8) is 0 Å². The van der Waals surface area contributed by atoms with Crippen molar-refractivity contribution >= 4 is 33.0 Å². The fraction of sp³-hybridized carbons (Fsp3) is 0.160. The van der Waals surface area contributed by atoms with Crippen LogP contribution in [0.3, 0.4) is 0 Å². The summed E-state index contributed by atoms with van der Waals surface area (Å²) in [5.41, 5.74) is 2.17. The van der Waals surface area contributed by atoms with Crippen LogP contribution in [0.5, 0.6) is 0 Å². The highest BCUT2D eigenvalue weighted by Crippen LogP contribution is 2.35. The van der Waals surface area contributed by atoms with Crippen molar-refractivity contribution in [1.82, 2.24) is 9.55 Å². The molecule has 0 saturated carbocycles. The minimum Gasteiger partial charge on any atom is -0.384 e. The molecule has 0 aliphatic carbocycles. The highest BCUT2D eigenvalue weighted by Gasteiger charge is 2.24. The Hall–Kier alpha value is -2.64. The van der Waals surface area contributed by atoms with Gasteiger partial charge in [0.05, 0.1) is 26.3 Å². The van der Waals surface area contributed by atoms with Crippen LogP contribution in [0.15, 0.2) is 77.8 Å². The fourth-order valence-electron chi connectivity index (χ4n) is 3.48. The quantitative estimate of drug-likeness (QED) is 0.356. The number of aromatic nitrogens is 2. The second kappa shape index (κ2) is 8.61. The maximum atomic E-state index is 11.9. The predicted molar refractivity (Wildman–Crippen MR) is 133 cm³/mol. The average Bonchev–Trinajstić information content (AvgIpc) is 3.19. The lowest BCUT2D eigenvalue weighted by molar-refractivity contribution is 0.0743. The first kappa shape index (κ1) is 23.5. The molecule has 4 rings (SSSR count). The van der Waals surface area contributed by atoms with Gasteiger partial charge >= 0.3 is 0 Å². The summed E-state index contributed by atoms with van der Waals surface area (Å²) in [4.78, 5) is 4.89. The van der Waals surface area contributed by atoms with Crippen LogP contribution in [0.1, 0.15) is 19.5 Å². The summed E-state index contributed by atoms with van der Waals surface area (Å²) in [7, 11) is -3.33. The van der Waals surface area contributed by atoms with E-state index in [1.165, 1.54) is 6.26 Å². The van der Waals surface area contributed by atoms with Crippen LogP contribution in [0.25, 0.3) is 28.2 Å². The van der Waals surface area contributed by atoms with E-state index in [1.807, 2.05) is 36.4 Å². The maximum absolute atomic E-state index is 11.9. The number of benzene rings is 3. The first-order chi connectivity index (χ1) is 15.4. The minimum atomic E-state index is -3.33. The number of rotatable bonds is 5. The van der Waals surface area contributed by atoms with Crippen molar-refractivity contribution < 1.29 is 13.5 Å². The smallest absolute Gasteiger partial charge is 0.175 e. The molecule has 0 saturated heterocycles. The number of aliphatic hydroxyl groups is 1. The number of halogens is 2. The molecule has 1 heterocycles.